The van der Waals surface area contributed by atoms with Gasteiger partial charge in [-0.15, -0.1) is 12.5 Å². The molecule has 2 fully saturated rings. The maximum Gasteiger partial charge on any atom is 4.00 e. The Balaban J connectivity index is 0.000000290. The van der Waals surface area contributed by atoms with Gasteiger partial charge in [0.15, 0.2) is 0 Å². The van der Waals surface area contributed by atoms with Crippen LogP contribution in [0.4, 0.5) is 5.69 Å². The Morgan fingerprint density at radius 3 is 1.43 bits per heavy atom. The molecule has 2 aromatic rings. The molecule has 0 aromatic heterocycles. The van der Waals surface area contributed by atoms with Crippen molar-refractivity contribution in [1.82, 2.24) is 0 Å². The number of rotatable bonds is 4. The quantitative estimate of drug-likeness (QED) is 0.453. The summed E-state index contributed by atoms with van der Waals surface area (Å²) in [6.45, 7) is 2.00. The van der Waals surface area contributed by atoms with Crippen molar-refractivity contribution in [2.75, 3.05) is 0 Å². The van der Waals surface area contributed by atoms with Gasteiger partial charge in [-0.3, -0.25) is 5.70 Å². The summed E-state index contributed by atoms with van der Waals surface area (Å²) in [5, 5.41) is 4.65. The van der Waals surface area contributed by atoms with Gasteiger partial charge in [0.25, 0.3) is 0 Å². The van der Waals surface area contributed by atoms with Gasteiger partial charge in [-0.25, -0.2) is 12.5 Å². The number of benzene rings is 2. The third-order valence-corrected chi connectivity index (χ3v) is 3.51. The molecule has 10 radical (unpaired) electrons. The van der Waals surface area contributed by atoms with Crippen LogP contribution in [-0.4, -0.2) is 0 Å². The van der Waals surface area contributed by atoms with Crippen molar-refractivity contribution in [2.24, 2.45) is 0 Å². The van der Waals surface area contributed by atoms with Gasteiger partial charge in [0, 0.05) is 0 Å². The number of para-hydroxylation sites is 1. The van der Waals surface area contributed by atoms with Gasteiger partial charge in [0.1, 0.15) is 0 Å². The Kier molecular flexibility index (Phi) is 14.7. The summed E-state index contributed by atoms with van der Waals surface area (Å²) in [5.41, 5.74) is 3.10. The largest absolute Gasteiger partial charge is 4.00 e. The standard InChI is InChI=1S/C16H15N.2C5H5.Zr/c1-2-9-16(14-10-5-3-6-11-14)17-15-12-7-4-8-13-15;2*1-2-4-5-3-1;/h2-13H,1H3;2*1-5H;/q-2;;;+4/b16-9-;;;. The molecule has 0 N–H and O–H groups in total. The second-order valence-corrected chi connectivity index (χ2v) is 5.62. The van der Waals surface area contributed by atoms with Crippen LogP contribution < -0.4 is 0 Å². The first kappa shape index (κ1) is 24.8. The van der Waals surface area contributed by atoms with Crippen LogP contribution in [0, 0.1) is 70.6 Å². The molecule has 2 saturated carbocycles. The van der Waals surface area contributed by atoms with E-state index in [1.54, 1.807) is 0 Å². The van der Waals surface area contributed by atoms with E-state index in [-0.39, 0.29) is 26.2 Å². The monoisotopic (exact) mass is 441 g/mol. The van der Waals surface area contributed by atoms with Gasteiger partial charge in [0.2, 0.25) is 0 Å². The molecule has 28 heavy (non-hydrogen) atoms. The van der Waals surface area contributed by atoms with Crippen LogP contribution in [0.5, 0.6) is 0 Å². The zero-order valence-electron chi connectivity index (χ0n) is 16.1. The third kappa shape index (κ3) is 10.9. The summed E-state index contributed by atoms with van der Waals surface area (Å²) in [7, 11) is 0. The fraction of sp³-hybridized carbons (Fsp3) is 0.0385. The minimum absolute atomic E-state index is 0. The molecule has 2 heteroatoms. The van der Waals surface area contributed by atoms with E-state index < -0.39 is 0 Å². The molecule has 2 aromatic carbocycles. The summed E-state index contributed by atoms with van der Waals surface area (Å²) >= 11 is 0. The Hall–Kier alpha value is -1.27. The van der Waals surface area contributed by atoms with Gasteiger partial charge in [-0.2, -0.15) is 5.69 Å². The molecule has 0 amide bonds. The van der Waals surface area contributed by atoms with Crippen LogP contribution in [-0.2, 0) is 26.2 Å². The average molecular weight is 443 g/mol. The number of nitrogens with zero attached hydrogens (tertiary/aromatic N) is 1. The minimum atomic E-state index is 0. The normalized spacial score (nSPS) is 15.2. The van der Waals surface area contributed by atoms with Crippen LogP contribution >= 0.6 is 0 Å². The van der Waals surface area contributed by atoms with Crippen molar-refractivity contribution in [1.29, 1.82) is 0 Å². The first-order valence-electron chi connectivity index (χ1n) is 9.05. The molecule has 1 nitrogen and oxygen atoms in total. The van der Waals surface area contributed by atoms with E-state index in [1.807, 2.05) is 132 Å². The molecule has 0 spiro atoms. The van der Waals surface area contributed by atoms with Crippen molar-refractivity contribution in [3.05, 3.63) is 148 Å². The van der Waals surface area contributed by atoms with Crippen molar-refractivity contribution in [3.63, 3.8) is 0 Å². The molecule has 0 saturated heterocycles. The maximum atomic E-state index is 4.65. The molecule has 136 valence electrons. The number of hydrogen-bond donors (Lipinski definition) is 0. The van der Waals surface area contributed by atoms with Crippen LogP contribution in [0.25, 0.3) is 11.0 Å². The minimum Gasteiger partial charge on any atom is -0.743 e. The SMILES string of the molecule is C[CH-]/C=C(\[N-]c1ccccc1)c1ccccc1.[CH]1[CH][CH][CH][CH]1.[CH]1[CH][CH][CH][CH]1.[Zr+4]. The zero-order valence-corrected chi connectivity index (χ0v) is 18.6. The van der Waals surface area contributed by atoms with Crippen molar-refractivity contribution >= 4 is 11.4 Å². The molecule has 2 aliphatic carbocycles. The Morgan fingerprint density at radius 2 is 1.04 bits per heavy atom. The van der Waals surface area contributed by atoms with E-state index in [0.717, 1.165) is 16.9 Å². The van der Waals surface area contributed by atoms with Crippen molar-refractivity contribution in [3.8, 4) is 0 Å². The molecular weight excluding hydrogens is 418 g/mol. The van der Waals surface area contributed by atoms with Gasteiger partial charge in [-0.1, -0.05) is 60.7 Å². The van der Waals surface area contributed by atoms with Gasteiger partial charge >= 0.3 is 26.2 Å². The Labute approximate surface area is 192 Å². The molecule has 2 aliphatic rings. The summed E-state index contributed by atoms with van der Waals surface area (Å²) in [6.07, 6.45) is 24.0. The van der Waals surface area contributed by atoms with Gasteiger partial charge in [0.05, 0.1) is 0 Å². The van der Waals surface area contributed by atoms with Crippen LogP contribution in [0.3, 0.4) is 0 Å². The molecule has 0 bridgehead atoms. The van der Waals surface area contributed by atoms with Crippen LogP contribution in [0.15, 0.2) is 66.7 Å². The Morgan fingerprint density at radius 1 is 0.643 bits per heavy atom. The van der Waals surface area contributed by atoms with E-state index in [4.69, 9.17) is 0 Å². The third-order valence-electron chi connectivity index (χ3n) is 3.51. The fourth-order valence-corrected chi connectivity index (χ4v) is 2.25. The number of hydrogen-bond acceptors (Lipinski definition) is 0. The molecule has 0 heterocycles. The van der Waals surface area contributed by atoms with E-state index in [9.17, 15) is 0 Å². The van der Waals surface area contributed by atoms with E-state index in [0.29, 0.717) is 0 Å². The van der Waals surface area contributed by atoms with Crippen molar-refractivity contribution < 1.29 is 26.2 Å². The number of allylic oxidation sites excluding steroid dienone is 1. The molecule has 0 unspecified atom stereocenters. The summed E-state index contributed by atoms with van der Waals surface area (Å²) in [4.78, 5) is 0. The summed E-state index contributed by atoms with van der Waals surface area (Å²) in [6, 6.07) is 20.2. The second kappa shape index (κ2) is 16.7. The van der Waals surface area contributed by atoms with Gasteiger partial charge < -0.3 is 5.32 Å². The maximum absolute atomic E-state index is 4.65. The predicted octanol–water partition coefficient (Wildman–Crippen LogP) is 7.00. The predicted molar refractivity (Wildman–Crippen MR) is 117 cm³/mol. The van der Waals surface area contributed by atoms with Crippen LogP contribution in [0.2, 0.25) is 0 Å². The summed E-state index contributed by atoms with van der Waals surface area (Å²) < 4.78 is 0. The molecule has 4 rings (SSSR count). The topological polar surface area (TPSA) is 14.1 Å². The fourth-order valence-electron chi connectivity index (χ4n) is 2.25. The van der Waals surface area contributed by atoms with Gasteiger partial charge in [-0.05, 0) is 64.2 Å². The first-order valence-corrected chi connectivity index (χ1v) is 9.05. The first-order chi connectivity index (χ1) is 13.4. The Bertz CT molecular complexity index is 588. The van der Waals surface area contributed by atoms with E-state index in [2.05, 4.69) is 17.4 Å². The smallest absolute Gasteiger partial charge is 0.743 e. The molecule has 0 aliphatic heterocycles. The molecule has 0 atom stereocenters. The van der Waals surface area contributed by atoms with E-state index >= 15 is 0 Å². The van der Waals surface area contributed by atoms with Crippen LogP contribution in [0.1, 0.15) is 12.5 Å². The second-order valence-electron chi connectivity index (χ2n) is 5.62. The summed E-state index contributed by atoms with van der Waals surface area (Å²) in [5.74, 6) is 0. The average Bonchev–Trinajstić information content (AvgIpc) is 3.48. The van der Waals surface area contributed by atoms with Crippen molar-refractivity contribution in [2.45, 2.75) is 6.92 Å². The molecular formula is C26H25NZr+2. The van der Waals surface area contributed by atoms with E-state index in [1.165, 1.54) is 0 Å². The zero-order chi connectivity index (χ0) is 19.0.